The normalized spacial score (nSPS) is 9.38. The lowest BCUT2D eigenvalue weighted by Crippen LogP contribution is -2.07. The summed E-state index contributed by atoms with van der Waals surface area (Å²) >= 11 is 2.61. The topological polar surface area (TPSA) is 9.23 Å². The van der Waals surface area contributed by atoms with Gasteiger partial charge in [-0.05, 0) is 6.42 Å². The molecule has 3 heteroatoms. The molecule has 8 heavy (non-hydrogen) atoms. The Morgan fingerprint density at radius 1 is 1.50 bits per heavy atom. The minimum atomic E-state index is -0.886. The van der Waals surface area contributed by atoms with E-state index in [0.717, 1.165) is 13.0 Å². The molecule has 0 aliphatic heterocycles. The molecule has 0 atom stereocenters. The van der Waals surface area contributed by atoms with Gasteiger partial charge in [-0.3, -0.25) is 0 Å². The van der Waals surface area contributed by atoms with E-state index >= 15 is 0 Å². The number of halogens is 1. The summed E-state index contributed by atoms with van der Waals surface area (Å²) in [5.41, 5.74) is 0. The molecular formula is C5H12AlBrO. The van der Waals surface area contributed by atoms with E-state index in [2.05, 4.69) is 27.9 Å². The summed E-state index contributed by atoms with van der Waals surface area (Å²) in [5, 5.41) is 1.18. The van der Waals surface area contributed by atoms with E-state index < -0.39 is 12.7 Å². The van der Waals surface area contributed by atoms with Crippen molar-refractivity contribution in [1.29, 1.82) is 0 Å². The standard InChI is InChI=1S/C3H7O.C2H5.Al.BrH/c1-2-3-4;1-2;;/h2-3H2,1H3;1H2,2H3;;1H/q-1;;+2;/p-1. The van der Waals surface area contributed by atoms with Crippen LogP contribution in [0.4, 0.5) is 0 Å². The predicted octanol–water partition coefficient (Wildman–Crippen LogP) is 2.32. The molecule has 0 radical (unpaired) electrons. The summed E-state index contributed by atoms with van der Waals surface area (Å²) in [7, 11) is 0. The van der Waals surface area contributed by atoms with Crippen LogP contribution in [0.1, 0.15) is 20.3 Å². The molecule has 0 aliphatic rings. The van der Waals surface area contributed by atoms with Gasteiger partial charge in [0.1, 0.15) is 0 Å². The van der Waals surface area contributed by atoms with Crippen molar-refractivity contribution in [3.8, 4) is 0 Å². The Kier molecular flexibility index (Phi) is 6.84. The highest BCUT2D eigenvalue weighted by Gasteiger charge is 2.11. The first kappa shape index (κ1) is 8.97. The average Bonchev–Trinajstić information content (AvgIpc) is 1.83. The Hall–Kier alpha value is 0.972. The summed E-state index contributed by atoms with van der Waals surface area (Å²) in [6, 6.07) is 0. The molecule has 1 nitrogen and oxygen atoms in total. The minimum Gasteiger partial charge on any atom is -0.492 e. The maximum atomic E-state index is 5.40. The highest BCUT2D eigenvalue weighted by atomic mass is 79.9. The van der Waals surface area contributed by atoms with Crippen molar-refractivity contribution < 1.29 is 3.79 Å². The molecule has 0 aromatic rings. The Balaban J connectivity index is 2.86. The van der Waals surface area contributed by atoms with Crippen LogP contribution in [0.2, 0.25) is 5.28 Å². The highest BCUT2D eigenvalue weighted by Crippen LogP contribution is 2.01. The van der Waals surface area contributed by atoms with Gasteiger partial charge in [-0.15, -0.1) is 0 Å². The molecule has 0 unspecified atom stereocenters. The van der Waals surface area contributed by atoms with E-state index in [4.69, 9.17) is 3.79 Å². The van der Waals surface area contributed by atoms with Crippen LogP contribution in [0.25, 0.3) is 0 Å². The van der Waals surface area contributed by atoms with Crippen molar-refractivity contribution in [1.82, 2.24) is 0 Å². The zero-order valence-corrected chi connectivity index (χ0v) is 8.23. The Bertz CT molecular complexity index is 51.7. The van der Waals surface area contributed by atoms with Crippen molar-refractivity contribution in [2.24, 2.45) is 0 Å². The van der Waals surface area contributed by atoms with E-state index in [0.29, 0.717) is 0 Å². The van der Waals surface area contributed by atoms with Crippen LogP contribution < -0.4 is 0 Å². The quantitative estimate of drug-likeness (QED) is 0.625. The summed E-state index contributed by atoms with van der Waals surface area (Å²) in [6.45, 7) is 5.21. The zero-order chi connectivity index (χ0) is 6.41. The van der Waals surface area contributed by atoms with Gasteiger partial charge in [0, 0.05) is 6.61 Å². The molecule has 48 valence electrons. The van der Waals surface area contributed by atoms with Crippen molar-refractivity contribution in [3.05, 3.63) is 0 Å². The van der Waals surface area contributed by atoms with Crippen molar-refractivity contribution in [2.75, 3.05) is 6.61 Å². The smallest absolute Gasteiger partial charge is 0.492 e. The Morgan fingerprint density at radius 3 is 2.50 bits per heavy atom. The maximum absolute atomic E-state index is 5.40. The summed E-state index contributed by atoms with van der Waals surface area (Å²) in [4.78, 5) is 0. The number of rotatable bonds is 4. The molecule has 0 aliphatic carbocycles. The van der Waals surface area contributed by atoms with Gasteiger partial charge < -0.3 is 3.79 Å². The van der Waals surface area contributed by atoms with Gasteiger partial charge in [-0.1, -0.05) is 19.1 Å². The van der Waals surface area contributed by atoms with Crippen LogP contribution in [0.15, 0.2) is 0 Å². The molecule has 0 aromatic heterocycles. The fourth-order valence-corrected chi connectivity index (χ4v) is 1.65. The van der Waals surface area contributed by atoms with Gasteiger partial charge >= 0.3 is 12.7 Å². The highest BCUT2D eigenvalue weighted by molar-refractivity contribution is 9.24. The Labute approximate surface area is 62.8 Å². The van der Waals surface area contributed by atoms with E-state index in [1.807, 2.05) is 0 Å². The van der Waals surface area contributed by atoms with Crippen molar-refractivity contribution in [3.63, 3.8) is 0 Å². The van der Waals surface area contributed by atoms with E-state index in [9.17, 15) is 0 Å². The molecular weight excluding hydrogens is 183 g/mol. The van der Waals surface area contributed by atoms with E-state index in [1.165, 1.54) is 5.28 Å². The SMILES string of the molecule is CCC[O][Al]([Br])[CH2]C. The van der Waals surface area contributed by atoms with E-state index in [-0.39, 0.29) is 0 Å². The lowest BCUT2D eigenvalue weighted by atomic mass is 10.5. The van der Waals surface area contributed by atoms with Crippen molar-refractivity contribution >= 4 is 26.7 Å². The second-order valence-electron chi connectivity index (χ2n) is 1.69. The van der Waals surface area contributed by atoms with Crippen LogP contribution in [-0.2, 0) is 3.79 Å². The summed E-state index contributed by atoms with van der Waals surface area (Å²) < 4.78 is 5.40. The second-order valence-corrected chi connectivity index (χ2v) is 6.72. The molecule has 0 fully saturated rings. The number of hydrogen-bond acceptors (Lipinski definition) is 1. The second kappa shape index (κ2) is 6.10. The monoisotopic (exact) mass is 194 g/mol. The van der Waals surface area contributed by atoms with Crippen molar-refractivity contribution in [2.45, 2.75) is 25.6 Å². The van der Waals surface area contributed by atoms with Gasteiger partial charge in [0.25, 0.3) is 0 Å². The molecule has 0 heterocycles. The predicted molar refractivity (Wildman–Crippen MR) is 41.4 cm³/mol. The first-order valence-electron chi connectivity index (χ1n) is 3.07. The lowest BCUT2D eigenvalue weighted by molar-refractivity contribution is 0.332. The fourth-order valence-electron chi connectivity index (χ4n) is 0.364. The number of hydrogen-bond donors (Lipinski definition) is 0. The largest absolute Gasteiger partial charge is 0.556 e. The third kappa shape index (κ3) is 5.12. The lowest BCUT2D eigenvalue weighted by Gasteiger charge is -2.00. The van der Waals surface area contributed by atoms with Crippen LogP contribution >= 0.6 is 14.1 Å². The third-order valence-corrected chi connectivity index (χ3v) is 4.80. The van der Waals surface area contributed by atoms with Crippen LogP contribution in [0, 0.1) is 0 Å². The maximum Gasteiger partial charge on any atom is 0.556 e. The molecule has 0 spiro atoms. The first-order valence-corrected chi connectivity index (χ1v) is 7.54. The third-order valence-electron chi connectivity index (χ3n) is 0.824. The van der Waals surface area contributed by atoms with Crippen LogP contribution in [0.5, 0.6) is 0 Å². The zero-order valence-electron chi connectivity index (χ0n) is 5.48. The molecule has 0 rings (SSSR count). The minimum absolute atomic E-state index is 0.886. The first-order chi connectivity index (χ1) is 3.81. The molecule has 0 saturated heterocycles. The van der Waals surface area contributed by atoms with Gasteiger partial charge in [0.05, 0.1) is 0 Å². The van der Waals surface area contributed by atoms with Gasteiger partial charge in [-0.25, -0.2) is 0 Å². The molecule has 0 saturated carbocycles. The fraction of sp³-hybridized carbons (Fsp3) is 1.00. The summed E-state index contributed by atoms with van der Waals surface area (Å²) in [5.74, 6) is 0. The van der Waals surface area contributed by atoms with Crippen LogP contribution in [-0.4, -0.2) is 19.3 Å². The van der Waals surface area contributed by atoms with Gasteiger partial charge in [0.2, 0.25) is 0 Å². The molecule has 0 aromatic carbocycles. The van der Waals surface area contributed by atoms with E-state index in [1.54, 1.807) is 0 Å². The van der Waals surface area contributed by atoms with Crippen LogP contribution in [0.3, 0.4) is 0 Å². The molecule has 0 amide bonds. The molecule has 0 N–H and O–H groups in total. The molecule has 0 bridgehead atoms. The summed E-state index contributed by atoms with van der Waals surface area (Å²) in [6.07, 6.45) is 1.13. The van der Waals surface area contributed by atoms with Gasteiger partial charge in [-0.2, -0.15) is 14.1 Å². The average molecular weight is 195 g/mol. The van der Waals surface area contributed by atoms with Gasteiger partial charge in [0.15, 0.2) is 0 Å². The Morgan fingerprint density at radius 2 is 2.12 bits per heavy atom.